The molecular formula is C18H18N2O. The minimum Gasteiger partial charge on any atom is -0.497 e. The summed E-state index contributed by atoms with van der Waals surface area (Å²) in [5.74, 6) is 0.854. The second-order valence-corrected chi connectivity index (χ2v) is 5.17. The van der Waals surface area contributed by atoms with E-state index < -0.39 is 0 Å². The van der Waals surface area contributed by atoms with Crippen LogP contribution < -0.4 is 9.64 Å². The fourth-order valence-electron chi connectivity index (χ4n) is 2.44. The lowest BCUT2D eigenvalue weighted by atomic mass is 10.1. The summed E-state index contributed by atoms with van der Waals surface area (Å²) < 4.78 is 5.21. The van der Waals surface area contributed by atoms with Crippen LogP contribution in [0.25, 0.3) is 22.2 Å². The van der Waals surface area contributed by atoms with Crippen LogP contribution in [0.1, 0.15) is 0 Å². The predicted octanol–water partition coefficient (Wildman–Crippen LogP) is 3.98. The molecule has 0 N–H and O–H groups in total. The number of methoxy groups -OCH3 is 1. The van der Waals surface area contributed by atoms with E-state index in [4.69, 9.17) is 9.72 Å². The van der Waals surface area contributed by atoms with Crippen molar-refractivity contribution in [2.24, 2.45) is 0 Å². The molecule has 0 atom stereocenters. The number of para-hydroxylation sites is 1. The number of rotatable bonds is 3. The second-order valence-electron chi connectivity index (χ2n) is 5.17. The van der Waals surface area contributed by atoms with E-state index in [1.165, 1.54) is 11.1 Å². The Balaban J connectivity index is 2.18. The van der Waals surface area contributed by atoms with E-state index in [-0.39, 0.29) is 0 Å². The normalized spacial score (nSPS) is 10.6. The summed E-state index contributed by atoms with van der Waals surface area (Å²) in [6.07, 6.45) is 0. The average molecular weight is 278 g/mol. The number of benzene rings is 2. The molecular weight excluding hydrogens is 260 g/mol. The lowest BCUT2D eigenvalue weighted by Gasteiger charge is -2.17. The van der Waals surface area contributed by atoms with E-state index >= 15 is 0 Å². The van der Waals surface area contributed by atoms with Gasteiger partial charge in [0.05, 0.1) is 18.3 Å². The number of nitrogens with zero attached hydrogens (tertiary/aromatic N) is 2. The summed E-state index contributed by atoms with van der Waals surface area (Å²) in [5.41, 5.74) is 4.24. The minimum atomic E-state index is 0.854. The molecule has 0 aliphatic carbocycles. The monoisotopic (exact) mass is 278 g/mol. The molecule has 2 aromatic carbocycles. The van der Waals surface area contributed by atoms with Crippen molar-refractivity contribution in [1.29, 1.82) is 0 Å². The summed E-state index contributed by atoms with van der Waals surface area (Å²) >= 11 is 0. The van der Waals surface area contributed by atoms with Gasteiger partial charge in [-0.1, -0.05) is 18.2 Å². The third kappa shape index (κ3) is 2.55. The van der Waals surface area contributed by atoms with Crippen molar-refractivity contribution in [3.8, 4) is 17.0 Å². The highest BCUT2D eigenvalue weighted by atomic mass is 16.5. The maximum absolute atomic E-state index is 5.21. The van der Waals surface area contributed by atoms with Gasteiger partial charge in [0.1, 0.15) is 5.75 Å². The molecule has 0 aliphatic heterocycles. The Morgan fingerprint density at radius 3 is 2.33 bits per heavy atom. The quantitative estimate of drug-likeness (QED) is 0.724. The average Bonchev–Trinajstić information content (AvgIpc) is 2.53. The van der Waals surface area contributed by atoms with Gasteiger partial charge in [-0.25, -0.2) is 4.98 Å². The molecule has 1 heterocycles. The van der Waals surface area contributed by atoms with Crippen LogP contribution >= 0.6 is 0 Å². The molecule has 3 heteroatoms. The first-order valence-electron chi connectivity index (χ1n) is 6.90. The van der Waals surface area contributed by atoms with Crippen molar-refractivity contribution in [1.82, 2.24) is 4.98 Å². The Labute approximate surface area is 124 Å². The number of pyridine rings is 1. The Morgan fingerprint density at radius 2 is 1.67 bits per heavy atom. The number of fused-ring (bicyclic) bond motifs is 1. The largest absolute Gasteiger partial charge is 0.497 e. The molecule has 0 amide bonds. The second kappa shape index (κ2) is 5.44. The van der Waals surface area contributed by atoms with Gasteiger partial charge in [-0.15, -0.1) is 0 Å². The van der Waals surface area contributed by atoms with Gasteiger partial charge in [-0.05, 0) is 36.4 Å². The van der Waals surface area contributed by atoms with Gasteiger partial charge in [-0.3, -0.25) is 0 Å². The number of aromatic nitrogens is 1. The molecule has 1 aromatic heterocycles. The van der Waals surface area contributed by atoms with Gasteiger partial charge < -0.3 is 9.64 Å². The van der Waals surface area contributed by atoms with Crippen molar-refractivity contribution >= 4 is 16.6 Å². The van der Waals surface area contributed by atoms with E-state index in [0.717, 1.165) is 22.5 Å². The standard InChI is InChI=1S/C18H18N2O/c1-20(2)18-12-17(13-8-10-14(21-3)11-9-13)19-16-7-5-4-6-15(16)18/h4-12H,1-3H3. The van der Waals surface area contributed by atoms with Crippen LogP contribution in [0, 0.1) is 0 Å². The molecule has 0 spiro atoms. The maximum Gasteiger partial charge on any atom is 0.118 e. The van der Waals surface area contributed by atoms with Gasteiger partial charge in [0.15, 0.2) is 0 Å². The molecule has 0 bridgehead atoms. The lowest BCUT2D eigenvalue weighted by molar-refractivity contribution is 0.415. The highest BCUT2D eigenvalue weighted by Crippen LogP contribution is 2.30. The summed E-state index contributed by atoms with van der Waals surface area (Å²) in [6, 6.07) is 18.3. The van der Waals surface area contributed by atoms with E-state index in [9.17, 15) is 0 Å². The van der Waals surface area contributed by atoms with Crippen LogP contribution in [-0.4, -0.2) is 26.2 Å². The van der Waals surface area contributed by atoms with Crippen molar-refractivity contribution in [2.75, 3.05) is 26.1 Å². The zero-order valence-electron chi connectivity index (χ0n) is 12.5. The first-order valence-corrected chi connectivity index (χ1v) is 6.90. The molecule has 3 aromatic rings. The zero-order valence-corrected chi connectivity index (χ0v) is 12.5. The van der Waals surface area contributed by atoms with Crippen LogP contribution in [0.2, 0.25) is 0 Å². The summed E-state index contributed by atoms with van der Waals surface area (Å²) in [4.78, 5) is 6.90. The van der Waals surface area contributed by atoms with Crippen molar-refractivity contribution in [3.63, 3.8) is 0 Å². The smallest absolute Gasteiger partial charge is 0.118 e. The molecule has 0 saturated carbocycles. The molecule has 106 valence electrons. The topological polar surface area (TPSA) is 25.4 Å². The third-order valence-electron chi connectivity index (χ3n) is 3.56. The highest BCUT2D eigenvalue weighted by molar-refractivity contribution is 5.94. The van der Waals surface area contributed by atoms with Gasteiger partial charge in [0.25, 0.3) is 0 Å². The zero-order chi connectivity index (χ0) is 14.8. The van der Waals surface area contributed by atoms with Gasteiger partial charge in [0.2, 0.25) is 0 Å². The minimum absolute atomic E-state index is 0.854. The van der Waals surface area contributed by atoms with E-state index in [0.29, 0.717) is 0 Å². The van der Waals surface area contributed by atoms with Crippen LogP contribution in [0.15, 0.2) is 54.6 Å². The molecule has 0 saturated heterocycles. The number of hydrogen-bond acceptors (Lipinski definition) is 3. The van der Waals surface area contributed by atoms with Gasteiger partial charge >= 0.3 is 0 Å². The fraction of sp³-hybridized carbons (Fsp3) is 0.167. The van der Waals surface area contributed by atoms with Crippen LogP contribution in [-0.2, 0) is 0 Å². The van der Waals surface area contributed by atoms with Gasteiger partial charge in [-0.2, -0.15) is 0 Å². The Kier molecular flexibility index (Phi) is 3.48. The molecule has 0 unspecified atom stereocenters. The number of ether oxygens (including phenoxy) is 1. The third-order valence-corrected chi connectivity index (χ3v) is 3.56. The number of hydrogen-bond donors (Lipinski definition) is 0. The summed E-state index contributed by atoms with van der Waals surface area (Å²) in [6.45, 7) is 0. The Morgan fingerprint density at radius 1 is 0.952 bits per heavy atom. The Hall–Kier alpha value is -2.55. The number of anilines is 1. The Bertz CT molecular complexity index is 764. The first kappa shape index (κ1) is 13.4. The first-order chi connectivity index (χ1) is 10.2. The SMILES string of the molecule is COc1ccc(-c2cc(N(C)C)c3ccccc3n2)cc1. The van der Waals surface area contributed by atoms with E-state index in [1.807, 2.05) is 36.4 Å². The molecule has 0 radical (unpaired) electrons. The maximum atomic E-state index is 5.21. The molecule has 3 rings (SSSR count). The predicted molar refractivity (Wildman–Crippen MR) is 88.1 cm³/mol. The van der Waals surface area contributed by atoms with Gasteiger partial charge in [0, 0.05) is 30.7 Å². The van der Waals surface area contributed by atoms with E-state index in [1.54, 1.807) is 7.11 Å². The lowest BCUT2D eigenvalue weighted by Crippen LogP contribution is -2.09. The fourth-order valence-corrected chi connectivity index (χ4v) is 2.44. The van der Waals surface area contributed by atoms with Crippen molar-refractivity contribution in [2.45, 2.75) is 0 Å². The summed E-state index contributed by atoms with van der Waals surface area (Å²) in [7, 11) is 5.78. The molecule has 21 heavy (non-hydrogen) atoms. The molecule has 0 fully saturated rings. The summed E-state index contributed by atoms with van der Waals surface area (Å²) in [5, 5.41) is 1.17. The highest BCUT2D eigenvalue weighted by Gasteiger charge is 2.08. The van der Waals surface area contributed by atoms with Crippen molar-refractivity contribution < 1.29 is 4.74 Å². The van der Waals surface area contributed by atoms with Crippen molar-refractivity contribution in [3.05, 3.63) is 54.6 Å². The molecule has 0 aliphatic rings. The van der Waals surface area contributed by atoms with Crippen LogP contribution in [0.4, 0.5) is 5.69 Å². The molecule has 3 nitrogen and oxygen atoms in total. The van der Waals surface area contributed by atoms with Crippen LogP contribution in [0.3, 0.4) is 0 Å². The van der Waals surface area contributed by atoms with Crippen LogP contribution in [0.5, 0.6) is 5.75 Å². The van der Waals surface area contributed by atoms with E-state index in [2.05, 4.69) is 37.2 Å².